The van der Waals surface area contributed by atoms with Crippen molar-refractivity contribution >= 4 is 0 Å². The van der Waals surface area contributed by atoms with Crippen LogP contribution in [0.1, 0.15) is 46.0 Å². The zero-order valence-electron chi connectivity index (χ0n) is 12.7. The summed E-state index contributed by atoms with van der Waals surface area (Å²) in [5, 5.41) is 21.3. The normalized spacial score (nSPS) is 51.4. The molecule has 2 bridgehead atoms. The van der Waals surface area contributed by atoms with Crippen molar-refractivity contribution in [3.63, 3.8) is 0 Å². The van der Waals surface area contributed by atoms with Gasteiger partial charge in [0.2, 0.25) is 0 Å². The van der Waals surface area contributed by atoms with Gasteiger partial charge in [-0.25, -0.2) is 0 Å². The lowest BCUT2D eigenvalue weighted by molar-refractivity contribution is -0.346. The van der Waals surface area contributed by atoms with E-state index < -0.39 is 17.5 Å². The maximum absolute atomic E-state index is 11.5. The minimum Gasteiger partial charge on any atom is -0.393 e. The van der Waals surface area contributed by atoms with Crippen molar-refractivity contribution in [2.75, 3.05) is 13.7 Å². The van der Waals surface area contributed by atoms with Crippen molar-refractivity contribution in [2.45, 2.75) is 63.4 Å². The van der Waals surface area contributed by atoms with Gasteiger partial charge in [-0.2, -0.15) is 0 Å². The standard InChI is InChI=1S/C16H26O4/c1-11-4-7-15-8-6-12(16(15,18)9-5-11)14(2,10-17)20-13(15)19-3/h4,12-13,17-18H,5-10H2,1-3H3/t12-,13?,14+,15+,16-/m0/s1. The van der Waals surface area contributed by atoms with E-state index in [1.54, 1.807) is 7.11 Å². The molecule has 1 unspecified atom stereocenters. The van der Waals surface area contributed by atoms with E-state index in [2.05, 4.69) is 13.0 Å². The lowest BCUT2D eigenvalue weighted by Crippen LogP contribution is -2.67. The molecule has 0 aromatic heterocycles. The monoisotopic (exact) mass is 282 g/mol. The van der Waals surface area contributed by atoms with Gasteiger partial charge in [0.1, 0.15) is 0 Å². The van der Waals surface area contributed by atoms with Gasteiger partial charge in [-0.1, -0.05) is 11.6 Å². The Balaban J connectivity index is 2.10. The molecule has 0 amide bonds. The summed E-state index contributed by atoms with van der Waals surface area (Å²) in [5.41, 5.74) is -0.558. The van der Waals surface area contributed by atoms with Crippen LogP contribution in [0.5, 0.6) is 0 Å². The Morgan fingerprint density at radius 1 is 1.45 bits per heavy atom. The third-order valence-electron chi connectivity index (χ3n) is 6.13. The SMILES string of the molecule is COC1O[C@](C)(CO)[C@@H]2CC[C@]13CC=C(C)CC[C@]23O. The smallest absolute Gasteiger partial charge is 0.166 e. The van der Waals surface area contributed by atoms with E-state index >= 15 is 0 Å². The summed E-state index contributed by atoms with van der Waals surface area (Å²) in [7, 11) is 1.64. The molecule has 4 heteroatoms. The fourth-order valence-electron chi connectivity index (χ4n) is 4.84. The number of aliphatic hydroxyl groups excluding tert-OH is 1. The van der Waals surface area contributed by atoms with Gasteiger partial charge in [0.25, 0.3) is 0 Å². The second-order valence-electron chi connectivity index (χ2n) is 7.08. The molecule has 1 saturated carbocycles. The van der Waals surface area contributed by atoms with Crippen molar-refractivity contribution in [1.82, 2.24) is 0 Å². The molecule has 2 fully saturated rings. The highest BCUT2D eigenvalue weighted by atomic mass is 16.7. The van der Waals surface area contributed by atoms with Crippen LogP contribution in [0.2, 0.25) is 0 Å². The topological polar surface area (TPSA) is 58.9 Å². The van der Waals surface area contributed by atoms with Crippen LogP contribution in [0, 0.1) is 11.3 Å². The second-order valence-corrected chi connectivity index (χ2v) is 7.08. The van der Waals surface area contributed by atoms with Gasteiger partial charge in [0.05, 0.1) is 23.2 Å². The van der Waals surface area contributed by atoms with Gasteiger partial charge in [-0.15, -0.1) is 0 Å². The number of hydrogen-bond acceptors (Lipinski definition) is 4. The van der Waals surface area contributed by atoms with Crippen LogP contribution in [-0.2, 0) is 9.47 Å². The predicted octanol–water partition coefficient (Wildman–Crippen LogP) is 2.00. The number of aliphatic hydroxyl groups is 2. The van der Waals surface area contributed by atoms with Gasteiger partial charge in [0.15, 0.2) is 6.29 Å². The Hall–Kier alpha value is -0.420. The Morgan fingerprint density at radius 2 is 2.20 bits per heavy atom. The summed E-state index contributed by atoms with van der Waals surface area (Å²) in [5.74, 6) is -0.0225. The molecule has 0 aromatic rings. The second kappa shape index (κ2) is 4.54. The molecule has 3 rings (SSSR count). The average molecular weight is 282 g/mol. The Bertz CT molecular complexity index is 434. The van der Waals surface area contributed by atoms with E-state index in [0.29, 0.717) is 0 Å². The number of hydrogen-bond donors (Lipinski definition) is 2. The van der Waals surface area contributed by atoms with E-state index in [-0.39, 0.29) is 17.9 Å². The molecule has 1 aliphatic heterocycles. The quantitative estimate of drug-likeness (QED) is 0.761. The third-order valence-corrected chi connectivity index (χ3v) is 6.13. The molecule has 0 aromatic carbocycles. The number of allylic oxidation sites excluding steroid dienone is 2. The molecule has 1 saturated heterocycles. The van der Waals surface area contributed by atoms with Gasteiger partial charge < -0.3 is 19.7 Å². The molecule has 4 nitrogen and oxygen atoms in total. The van der Waals surface area contributed by atoms with Crippen LogP contribution in [0.25, 0.3) is 0 Å². The molecular weight excluding hydrogens is 256 g/mol. The Labute approximate surface area is 120 Å². The highest BCUT2D eigenvalue weighted by Crippen LogP contribution is 2.65. The van der Waals surface area contributed by atoms with Gasteiger partial charge in [-0.3, -0.25) is 0 Å². The highest BCUT2D eigenvalue weighted by Gasteiger charge is 2.71. The van der Waals surface area contributed by atoms with Crippen LogP contribution in [0.3, 0.4) is 0 Å². The summed E-state index contributed by atoms with van der Waals surface area (Å²) >= 11 is 0. The summed E-state index contributed by atoms with van der Waals surface area (Å²) in [6, 6.07) is 0. The zero-order valence-corrected chi connectivity index (χ0v) is 12.7. The minimum absolute atomic E-state index is 0.0225. The fraction of sp³-hybridized carbons (Fsp3) is 0.875. The van der Waals surface area contributed by atoms with Crippen LogP contribution >= 0.6 is 0 Å². The van der Waals surface area contributed by atoms with Crippen molar-refractivity contribution in [3.05, 3.63) is 11.6 Å². The summed E-state index contributed by atoms with van der Waals surface area (Å²) in [6.45, 7) is 3.95. The first kappa shape index (κ1) is 14.5. The molecule has 5 atom stereocenters. The summed E-state index contributed by atoms with van der Waals surface area (Å²) in [6.07, 6.45) is 6.01. The maximum Gasteiger partial charge on any atom is 0.166 e. The molecule has 3 aliphatic rings. The maximum atomic E-state index is 11.5. The van der Waals surface area contributed by atoms with Gasteiger partial charge in [-0.05, 0) is 46.0 Å². The van der Waals surface area contributed by atoms with E-state index in [9.17, 15) is 10.2 Å². The first-order valence-electron chi connectivity index (χ1n) is 7.61. The number of methoxy groups -OCH3 is 1. The molecule has 0 radical (unpaired) electrons. The molecule has 20 heavy (non-hydrogen) atoms. The fourth-order valence-corrected chi connectivity index (χ4v) is 4.84. The van der Waals surface area contributed by atoms with E-state index in [1.165, 1.54) is 5.57 Å². The largest absolute Gasteiger partial charge is 0.393 e. The van der Waals surface area contributed by atoms with Gasteiger partial charge in [0, 0.05) is 13.0 Å². The minimum atomic E-state index is -0.808. The number of ether oxygens (including phenoxy) is 2. The van der Waals surface area contributed by atoms with Crippen molar-refractivity contribution in [3.8, 4) is 0 Å². The molecule has 2 N–H and O–H groups in total. The van der Waals surface area contributed by atoms with Crippen LogP contribution in [-0.4, -0.2) is 41.4 Å². The van der Waals surface area contributed by atoms with Crippen LogP contribution < -0.4 is 0 Å². The lowest BCUT2D eigenvalue weighted by Gasteiger charge is -2.57. The molecule has 0 spiro atoms. The Morgan fingerprint density at radius 3 is 2.85 bits per heavy atom. The van der Waals surface area contributed by atoms with E-state index in [1.807, 2.05) is 6.92 Å². The van der Waals surface area contributed by atoms with Crippen molar-refractivity contribution < 1.29 is 19.7 Å². The van der Waals surface area contributed by atoms with E-state index in [4.69, 9.17) is 9.47 Å². The van der Waals surface area contributed by atoms with Crippen molar-refractivity contribution in [2.24, 2.45) is 11.3 Å². The lowest BCUT2D eigenvalue weighted by atomic mass is 9.62. The predicted molar refractivity (Wildman–Crippen MR) is 75.1 cm³/mol. The first-order valence-corrected chi connectivity index (χ1v) is 7.61. The molecule has 1 heterocycles. The average Bonchev–Trinajstić information content (AvgIpc) is 2.57. The number of rotatable bonds is 2. The highest BCUT2D eigenvalue weighted by molar-refractivity contribution is 5.22. The summed E-state index contributed by atoms with van der Waals surface area (Å²) < 4.78 is 11.7. The molecule has 114 valence electrons. The zero-order chi connectivity index (χ0) is 14.6. The Kier molecular flexibility index (Phi) is 3.29. The summed E-state index contributed by atoms with van der Waals surface area (Å²) in [4.78, 5) is 0. The molecular formula is C16H26O4. The first-order chi connectivity index (χ1) is 9.42. The van der Waals surface area contributed by atoms with E-state index in [0.717, 1.165) is 32.1 Å². The van der Waals surface area contributed by atoms with Crippen LogP contribution in [0.15, 0.2) is 11.6 Å². The van der Waals surface area contributed by atoms with Gasteiger partial charge >= 0.3 is 0 Å². The third kappa shape index (κ3) is 1.62. The van der Waals surface area contributed by atoms with Crippen molar-refractivity contribution in [1.29, 1.82) is 0 Å². The molecule has 2 aliphatic carbocycles. The van der Waals surface area contributed by atoms with Crippen LogP contribution in [0.4, 0.5) is 0 Å².